The van der Waals surface area contributed by atoms with Crippen molar-refractivity contribution in [2.75, 3.05) is 0 Å². The van der Waals surface area contributed by atoms with Gasteiger partial charge in [-0.15, -0.1) is 0 Å². The fraction of sp³-hybridized carbons (Fsp3) is 0. The van der Waals surface area contributed by atoms with Crippen LogP contribution in [0.25, 0.3) is 6.08 Å². The molecule has 0 aliphatic heterocycles. The van der Waals surface area contributed by atoms with Gasteiger partial charge in [0.15, 0.2) is 0 Å². The first-order valence-electron chi connectivity index (χ1n) is 1.93. The molecule has 2 heteroatoms. The monoisotopic (exact) mass is 181 g/mol. The first-order valence-corrected chi connectivity index (χ1v) is 1.93. The zero-order valence-corrected chi connectivity index (χ0v) is 7.13. The van der Waals surface area contributed by atoms with Crippen LogP contribution >= 0.6 is 0 Å². The van der Waals surface area contributed by atoms with E-state index in [9.17, 15) is 0 Å². The van der Waals surface area contributed by atoms with Crippen molar-refractivity contribution in [2.24, 2.45) is 0 Å². The molecule has 1 rings (SSSR count). The molecule has 0 saturated carbocycles. The zero-order chi connectivity index (χ0) is 5.11. The van der Waals surface area contributed by atoms with Crippen LogP contribution in [-0.4, -0.2) is 0 Å². The van der Waals surface area contributed by atoms with E-state index in [0.717, 1.165) is 0 Å². The molecule has 0 N–H and O–H groups in total. The standard InChI is InChI=1S/C6H4O.Y/c1-2-6-4-3-5-7-6;/h1-3,5H;/q-2;. The van der Waals surface area contributed by atoms with Gasteiger partial charge in [0.25, 0.3) is 0 Å². The second-order valence-corrected chi connectivity index (χ2v) is 1.10. The van der Waals surface area contributed by atoms with Crippen molar-refractivity contribution in [2.45, 2.75) is 0 Å². The Hall–Kier alpha value is 0.124. The van der Waals surface area contributed by atoms with Crippen molar-refractivity contribution in [3.8, 4) is 0 Å². The molecular weight excluding hydrogens is 177 g/mol. The summed E-state index contributed by atoms with van der Waals surface area (Å²) >= 11 is 0. The summed E-state index contributed by atoms with van der Waals surface area (Å²) in [6.07, 6.45) is 2.89. The average Bonchev–Trinajstić information content (AvgIpc) is 2.14. The van der Waals surface area contributed by atoms with Crippen LogP contribution in [-0.2, 0) is 32.7 Å². The third-order valence-electron chi connectivity index (χ3n) is 0.640. The van der Waals surface area contributed by atoms with Gasteiger partial charge in [-0.3, -0.25) is 0 Å². The third-order valence-corrected chi connectivity index (χ3v) is 0.640. The molecule has 1 aromatic heterocycles. The molecule has 1 heterocycles. The van der Waals surface area contributed by atoms with Gasteiger partial charge < -0.3 is 17.1 Å². The molecule has 0 amide bonds. The van der Waals surface area contributed by atoms with Gasteiger partial charge in [0, 0.05) is 32.7 Å². The quantitative estimate of drug-likeness (QED) is 0.598. The molecule has 0 aliphatic carbocycles. The molecule has 0 bridgehead atoms. The van der Waals surface area contributed by atoms with E-state index in [1.807, 2.05) is 0 Å². The largest absolute Gasteiger partial charge is 0.633 e. The van der Waals surface area contributed by atoms with Crippen molar-refractivity contribution >= 4 is 6.08 Å². The van der Waals surface area contributed by atoms with Gasteiger partial charge in [-0.05, 0) is 6.26 Å². The summed E-state index contributed by atoms with van der Waals surface area (Å²) in [6, 6.07) is 4.40. The van der Waals surface area contributed by atoms with Gasteiger partial charge in [0.2, 0.25) is 0 Å². The predicted octanol–water partition coefficient (Wildman–Crippen LogP) is 1.52. The van der Waals surface area contributed by atoms with Crippen LogP contribution in [0.4, 0.5) is 0 Å². The Balaban J connectivity index is 0.000000490. The van der Waals surface area contributed by atoms with E-state index in [4.69, 9.17) is 11.0 Å². The molecule has 1 radical (unpaired) electrons. The van der Waals surface area contributed by atoms with Crippen LogP contribution in [0.2, 0.25) is 0 Å². The normalized spacial score (nSPS) is 7.50. The smallest absolute Gasteiger partial charge is 0 e. The molecule has 0 atom stereocenters. The second kappa shape index (κ2) is 4.05. The van der Waals surface area contributed by atoms with E-state index in [1.54, 1.807) is 6.07 Å². The Kier molecular flexibility index (Phi) is 4.11. The van der Waals surface area contributed by atoms with Crippen LogP contribution in [0.3, 0.4) is 0 Å². The minimum Gasteiger partial charge on any atom is -0.633 e. The molecule has 39 valence electrons. The van der Waals surface area contributed by atoms with Gasteiger partial charge in [-0.2, -0.15) is 11.8 Å². The predicted molar refractivity (Wildman–Crippen MR) is 26.3 cm³/mol. The third kappa shape index (κ3) is 1.93. The second-order valence-electron chi connectivity index (χ2n) is 1.10. The molecule has 0 fully saturated rings. The fourth-order valence-corrected chi connectivity index (χ4v) is 0.345. The van der Waals surface area contributed by atoms with E-state index >= 15 is 0 Å². The maximum Gasteiger partial charge on any atom is 0 e. The minimum atomic E-state index is 0. The van der Waals surface area contributed by atoms with E-state index in [-0.39, 0.29) is 32.7 Å². The molecule has 1 aromatic rings. The van der Waals surface area contributed by atoms with Gasteiger partial charge in [0.05, 0.1) is 0 Å². The number of hydrogen-bond donors (Lipinski definition) is 0. The van der Waals surface area contributed by atoms with Crippen LogP contribution in [0, 0.1) is 12.6 Å². The first kappa shape index (κ1) is 8.12. The zero-order valence-electron chi connectivity index (χ0n) is 4.29. The molecule has 0 spiro atoms. The summed E-state index contributed by atoms with van der Waals surface area (Å²) in [6.45, 7) is 5.04. The van der Waals surface area contributed by atoms with Gasteiger partial charge >= 0.3 is 0 Å². The Morgan fingerprint density at radius 3 is 2.75 bits per heavy atom. The van der Waals surface area contributed by atoms with Gasteiger partial charge in [0.1, 0.15) is 0 Å². The molecule has 0 aliphatic rings. The summed E-state index contributed by atoms with van der Waals surface area (Å²) in [5, 5.41) is 0. The first-order chi connectivity index (χ1) is 3.43. The van der Waals surface area contributed by atoms with E-state index in [0.29, 0.717) is 5.76 Å². The maximum atomic E-state index is 5.04. The molecule has 8 heavy (non-hydrogen) atoms. The average molecular weight is 181 g/mol. The van der Waals surface area contributed by atoms with Crippen molar-refractivity contribution in [3.05, 3.63) is 30.7 Å². The van der Waals surface area contributed by atoms with Crippen LogP contribution in [0.1, 0.15) is 5.76 Å². The van der Waals surface area contributed by atoms with Crippen molar-refractivity contribution in [3.63, 3.8) is 0 Å². The number of rotatable bonds is 1. The van der Waals surface area contributed by atoms with Crippen molar-refractivity contribution in [1.82, 2.24) is 0 Å². The molecule has 0 unspecified atom stereocenters. The Morgan fingerprint density at radius 1 is 1.75 bits per heavy atom. The van der Waals surface area contributed by atoms with E-state index < -0.39 is 0 Å². The Morgan fingerprint density at radius 2 is 2.50 bits per heavy atom. The van der Waals surface area contributed by atoms with E-state index in [1.165, 1.54) is 12.3 Å². The van der Waals surface area contributed by atoms with Crippen LogP contribution in [0.5, 0.6) is 0 Å². The van der Waals surface area contributed by atoms with E-state index in [2.05, 4.69) is 6.07 Å². The van der Waals surface area contributed by atoms with Gasteiger partial charge in [-0.1, -0.05) is 0 Å². The minimum absolute atomic E-state index is 0. The van der Waals surface area contributed by atoms with Crippen molar-refractivity contribution < 1.29 is 37.1 Å². The summed E-state index contributed by atoms with van der Waals surface area (Å²) in [7, 11) is 0. The summed E-state index contributed by atoms with van der Waals surface area (Å²) < 4.78 is 4.75. The SMILES string of the molecule is [CH-]=Cc1[c-]cco1.[Y]. The fourth-order valence-electron chi connectivity index (χ4n) is 0.345. The Labute approximate surface area is 73.6 Å². The van der Waals surface area contributed by atoms with Gasteiger partial charge in [-0.25, -0.2) is 6.07 Å². The molecule has 1 nitrogen and oxygen atoms in total. The topological polar surface area (TPSA) is 13.1 Å². The molecule has 0 saturated heterocycles. The Bertz CT molecular complexity index is 144. The number of furan rings is 1. The summed E-state index contributed by atoms with van der Waals surface area (Å²) in [4.78, 5) is 0. The summed E-state index contributed by atoms with van der Waals surface area (Å²) in [5.41, 5.74) is 0. The van der Waals surface area contributed by atoms with Crippen LogP contribution in [0.15, 0.2) is 16.7 Å². The molecule has 0 aromatic carbocycles. The summed E-state index contributed by atoms with van der Waals surface area (Å²) in [5.74, 6) is 0.583. The van der Waals surface area contributed by atoms with Crippen molar-refractivity contribution in [1.29, 1.82) is 0 Å². The number of hydrogen-bond acceptors (Lipinski definition) is 1. The maximum absolute atomic E-state index is 5.04. The van der Waals surface area contributed by atoms with Crippen LogP contribution < -0.4 is 0 Å². The molecular formula is C6H4OY-2.